The molecule has 3 heteroatoms. The average molecular weight is 171 g/mol. The lowest BCUT2D eigenvalue weighted by Gasteiger charge is -2.18. The highest BCUT2D eigenvalue weighted by molar-refractivity contribution is 5.73. The summed E-state index contributed by atoms with van der Waals surface area (Å²) in [4.78, 5) is 10.6. The fourth-order valence-corrected chi connectivity index (χ4v) is 0.712. The number of aliphatic carboxylic acids is 1. The average Bonchev–Trinajstić information content (AvgIpc) is 1.98. The van der Waals surface area contributed by atoms with E-state index in [-0.39, 0.29) is 0 Å². The second kappa shape index (κ2) is 4.93. The zero-order valence-electron chi connectivity index (χ0n) is 7.76. The van der Waals surface area contributed by atoms with Crippen LogP contribution >= 0.6 is 0 Å². The van der Waals surface area contributed by atoms with Crippen LogP contribution in [0.2, 0.25) is 0 Å². The number of carbonyl (C=O) groups is 1. The first-order valence-electron chi connectivity index (χ1n) is 4.05. The van der Waals surface area contributed by atoms with Gasteiger partial charge in [0, 0.05) is 6.54 Å². The van der Waals surface area contributed by atoms with Crippen molar-refractivity contribution in [1.29, 1.82) is 0 Å². The molecule has 0 atom stereocenters. The third-order valence-corrected chi connectivity index (χ3v) is 1.79. The summed E-state index contributed by atoms with van der Waals surface area (Å²) in [5.74, 6) is -0.747. The summed E-state index contributed by atoms with van der Waals surface area (Å²) >= 11 is 0. The van der Waals surface area contributed by atoms with Gasteiger partial charge in [-0.1, -0.05) is 6.08 Å². The van der Waals surface area contributed by atoms with Gasteiger partial charge in [-0.25, -0.2) is 0 Å². The molecule has 0 fully saturated rings. The van der Waals surface area contributed by atoms with Crippen LogP contribution in [-0.2, 0) is 4.79 Å². The summed E-state index contributed by atoms with van der Waals surface area (Å²) in [6.07, 6.45) is 2.39. The second-order valence-corrected chi connectivity index (χ2v) is 3.43. The van der Waals surface area contributed by atoms with E-state index in [2.05, 4.69) is 11.9 Å². The summed E-state index contributed by atoms with van der Waals surface area (Å²) in [6, 6.07) is 0. The van der Waals surface area contributed by atoms with Gasteiger partial charge in [-0.2, -0.15) is 0 Å². The lowest BCUT2D eigenvalue weighted by molar-refractivity contribution is -0.147. The third kappa shape index (κ3) is 4.13. The fraction of sp³-hybridized carbons (Fsp3) is 0.667. The van der Waals surface area contributed by atoms with E-state index in [0.717, 1.165) is 6.54 Å². The zero-order valence-corrected chi connectivity index (χ0v) is 7.76. The predicted molar refractivity (Wildman–Crippen MR) is 49.1 cm³/mol. The van der Waals surface area contributed by atoms with Crippen LogP contribution in [0, 0.1) is 5.41 Å². The van der Waals surface area contributed by atoms with Crippen LogP contribution < -0.4 is 5.32 Å². The molecule has 0 aromatic heterocycles. The summed E-state index contributed by atoms with van der Waals surface area (Å²) in [5, 5.41) is 11.8. The summed E-state index contributed by atoms with van der Waals surface area (Å²) in [6.45, 7) is 8.45. The zero-order chi connectivity index (χ0) is 9.61. The maximum absolute atomic E-state index is 10.6. The molecular weight excluding hydrogens is 154 g/mol. The molecule has 0 radical (unpaired) electrons. The molecule has 3 nitrogen and oxygen atoms in total. The maximum Gasteiger partial charge on any atom is 0.309 e. The van der Waals surface area contributed by atoms with Crippen molar-refractivity contribution in [2.24, 2.45) is 5.41 Å². The van der Waals surface area contributed by atoms with Gasteiger partial charge in [-0.15, -0.1) is 6.58 Å². The van der Waals surface area contributed by atoms with E-state index in [4.69, 9.17) is 5.11 Å². The number of nitrogens with one attached hydrogen (secondary N) is 1. The van der Waals surface area contributed by atoms with Crippen LogP contribution in [0.15, 0.2) is 12.7 Å². The highest BCUT2D eigenvalue weighted by atomic mass is 16.4. The lowest BCUT2D eigenvalue weighted by atomic mass is 9.90. The first kappa shape index (κ1) is 11.2. The van der Waals surface area contributed by atoms with Crippen LogP contribution in [0.4, 0.5) is 0 Å². The number of rotatable bonds is 6. The molecule has 0 saturated carbocycles. The van der Waals surface area contributed by atoms with E-state index in [1.54, 1.807) is 19.9 Å². The molecule has 12 heavy (non-hydrogen) atoms. The fourth-order valence-electron chi connectivity index (χ4n) is 0.712. The Morgan fingerprint density at radius 1 is 1.67 bits per heavy atom. The molecule has 70 valence electrons. The molecule has 0 amide bonds. The molecule has 0 aliphatic rings. The lowest BCUT2D eigenvalue weighted by Crippen LogP contribution is -2.29. The first-order valence-corrected chi connectivity index (χ1v) is 4.05. The van der Waals surface area contributed by atoms with Crippen LogP contribution in [0.3, 0.4) is 0 Å². The largest absolute Gasteiger partial charge is 0.481 e. The Labute approximate surface area is 73.5 Å². The van der Waals surface area contributed by atoms with Gasteiger partial charge in [-0.05, 0) is 26.8 Å². The van der Waals surface area contributed by atoms with Gasteiger partial charge < -0.3 is 10.4 Å². The molecule has 0 unspecified atom stereocenters. The molecular formula is C9H17NO2. The monoisotopic (exact) mass is 171 g/mol. The van der Waals surface area contributed by atoms with Gasteiger partial charge >= 0.3 is 5.97 Å². The van der Waals surface area contributed by atoms with Gasteiger partial charge in [0.15, 0.2) is 0 Å². The number of hydrogen-bond acceptors (Lipinski definition) is 2. The van der Waals surface area contributed by atoms with E-state index in [1.165, 1.54) is 0 Å². The van der Waals surface area contributed by atoms with Crippen molar-refractivity contribution in [3.8, 4) is 0 Å². The standard InChI is InChI=1S/C9H17NO2/c1-4-6-10-7-5-9(2,3)8(11)12/h4,10H,1,5-7H2,2-3H3,(H,11,12). The van der Waals surface area contributed by atoms with Crippen molar-refractivity contribution in [3.05, 3.63) is 12.7 Å². The molecule has 2 N–H and O–H groups in total. The van der Waals surface area contributed by atoms with E-state index < -0.39 is 11.4 Å². The van der Waals surface area contributed by atoms with Crippen molar-refractivity contribution in [2.75, 3.05) is 13.1 Å². The summed E-state index contributed by atoms with van der Waals surface area (Å²) in [7, 11) is 0. The molecule has 0 spiro atoms. The van der Waals surface area contributed by atoms with E-state index in [9.17, 15) is 4.79 Å². The number of hydrogen-bond donors (Lipinski definition) is 2. The van der Waals surface area contributed by atoms with E-state index in [0.29, 0.717) is 13.0 Å². The van der Waals surface area contributed by atoms with Gasteiger partial charge in [0.05, 0.1) is 5.41 Å². The highest BCUT2D eigenvalue weighted by Gasteiger charge is 2.25. The molecule has 0 heterocycles. The summed E-state index contributed by atoms with van der Waals surface area (Å²) in [5.41, 5.74) is -0.631. The van der Waals surface area contributed by atoms with Gasteiger partial charge in [0.1, 0.15) is 0 Å². The Kier molecular flexibility index (Phi) is 4.59. The molecule has 0 saturated heterocycles. The minimum absolute atomic E-state index is 0.631. The third-order valence-electron chi connectivity index (χ3n) is 1.79. The Morgan fingerprint density at radius 3 is 2.67 bits per heavy atom. The van der Waals surface area contributed by atoms with Gasteiger partial charge in [-0.3, -0.25) is 4.79 Å². The van der Waals surface area contributed by atoms with Crippen molar-refractivity contribution in [3.63, 3.8) is 0 Å². The predicted octanol–water partition coefficient (Wildman–Crippen LogP) is 1.26. The van der Waals surface area contributed by atoms with E-state index >= 15 is 0 Å². The second-order valence-electron chi connectivity index (χ2n) is 3.43. The Balaban J connectivity index is 3.61. The normalized spacial score (nSPS) is 11.2. The summed E-state index contributed by atoms with van der Waals surface area (Å²) < 4.78 is 0. The minimum atomic E-state index is -0.747. The van der Waals surface area contributed by atoms with Crippen molar-refractivity contribution < 1.29 is 9.90 Å². The highest BCUT2D eigenvalue weighted by Crippen LogP contribution is 2.18. The minimum Gasteiger partial charge on any atom is -0.481 e. The van der Waals surface area contributed by atoms with Crippen molar-refractivity contribution in [1.82, 2.24) is 5.32 Å². The molecule has 0 aromatic carbocycles. The number of carboxylic acid groups (broad SMARTS) is 1. The molecule has 0 aliphatic heterocycles. The van der Waals surface area contributed by atoms with Gasteiger partial charge in [0.2, 0.25) is 0 Å². The van der Waals surface area contributed by atoms with Crippen LogP contribution in [0.1, 0.15) is 20.3 Å². The molecule has 0 rings (SSSR count). The van der Waals surface area contributed by atoms with Crippen LogP contribution in [0.5, 0.6) is 0 Å². The molecule has 0 aliphatic carbocycles. The Morgan fingerprint density at radius 2 is 2.25 bits per heavy atom. The quantitative estimate of drug-likeness (QED) is 0.467. The van der Waals surface area contributed by atoms with Crippen molar-refractivity contribution >= 4 is 5.97 Å². The topological polar surface area (TPSA) is 49.3 Å². The Hall–Kier alpha value is -0.830. The molecule has 0 bridgehead atoms. The Bertz CT molecular complexity index is 164. The van der Waals surface area contributed by atoms with Crippen molar-refractivity contribution in [2.45, 2.75) is 20.3 Å². The maximum atomic E-state index is 10.6. The van der Waals surface area contributed by atoms with E-state index in [1.807, 2.05) is 0 Å². The smallest absolute Gasteiger partial charge is 0.309 e. The first-order chi connectivity index (χ1) is 5.50. The van der Waals surface area contributed by atoms with Crippen LogP contribution in [0.25, 0.3) is 0 Å². The number of carboxylic acids is 1. The van der Waals surface area contributed by atoms with Gasteiger partial charge in [0.25, 0.3) is 0 Å². The molecule has 0 aromatic rings. The SMILES string of the molecule is C=CCNCCC(C)(C)C(=O)O. The van der Waals surface area contributed by atoms with Crippen LogP contribution in [-0.4, -0.2) is 24.2 Å².